The number of nitrogens with one attached hydrogen (secondary N) is 3. The van der Waals surface area contributed by atoms with Crippen molar-refractivity contribution in [3.8, 4) is 0 Å². The molecule has 0 bridgehead atoms. The fraction of sp³-hybridized carbons (Fsp3) is 0.955. The molecule has 684 valence electrons. The molecule has 52 nitrogen and oxygen atoms in total. The molecule has 10 aliphatic rings. The van der Waals surface area contributed by atoms with E-state index in [-0.39, 0.29) is 0 Å². The van der Waals surface area contributed by atoms with Gasteiger partial charge in [0.1, 0.15) is 232 Å². The van der Waals surface area contributed by atoms with Gasteiger partial charge in [-0.25, -0.2) is 0 Å². The fourth-order valence-electron chi connectivity index (χ4n) is 15.4. The maximum absolute atomic E-state index is 13.1. The molecule has 0 radical (unpaired) electrons. The first-order valence-corrected chi connectivity index (χ1v) is 37.9. The van der Waals surface area contributed by atoms with Crippen LogP contribution < -0.4 is 16.0 Å². The van der Waals surface area contributed by atoms with Gasteiger partial charge >= 0.3 is 0 Å². The quantitative estimate of drug-likeness (QED) is 0.0331. The van der Waals surface area contributed by atoms with Crippen molar-refractivity contribution in [2.45, 2.75) is 341 Å². The van der Waals surface area contributed by atoms with E-state index >= 15 is 0 Å². The van der Waals surface area contributed by atoms with Crippen LogP contribution in [0.3, 0.4) is 0 Å². The number of rotatable bonds is 29. The minimum Gasteiger partial charge on any atom is -0.394 e. The molecule has 118 heavy (non-hydrogen) atoms. The van der Waals surface area contributed by atoms with Crippen molar-refractivity contribution >= 4 is 17.7 Å². The summed E-state index contributed by atoms with van der Waals surface area (Å²) >= 11 is 0. The molecular formula is C66H111N3O49. The van der Waals surface area contributed by atoms with Gasteiger partial charge in [-0.1, -0.05) is 0 Å². The van der Waals surface area contributed by atoms with E-state index in [0.717, 1.165) is 20.8 Å². The number of carbonyl (C=O) groups excluding carboxylic acids is 3. The van der Waals surface area contributed by atoms with Crippen molar-refractivity contribution in [1.29, 1.82) is 0 Å². The summed E-state index contributed by atoms with van der Waals surface area (Å²) in [4.78, 5) is 38.6. The average molecular weight is 1730 g/mol. The minimum absolute atomic E-state index is 0.859. The standard InChI is InChI=1S/C66H111N3O49/c1-14-30(80)40(90)46(96)60(101-14)117-55-44(94)34(84)20(7-71)105-64(55)112-50-24(11-75)108-58(28(38(50)88)68-17(4)78)115-53-42(92)32(82)19(6-70)104-63(53)100-13-26-36(86)52(48(98)62(110-26)111-49-23(10-74)103-57(99)27(37(49)87)67-16(3)77)114-66-54(43(93)33(83)22(9-73)107-66)116-59-29(69-18(5)79)39(89)51(25(12-76)109-59)113-65-56(45(95)35(85)21(8-72)106-65)118-61-47(97)41(91)31(81)15(2)102-61/h14-15,19-66,70-76,80-99H,6-13H2,1-5H3,(H,67,77)(H,68,78)(H,69,79)/t14-,15-,19-,20-,21-,22-,23-,24-,25-,26-,27-,28-,29-,30+,31+,32-,33-,34+,35+,36-,37-,38-,39-,40+,41+,42+,43+,44+,45+,46-,47-,48+,49-,50-,51-,52+,53+,54+,55-,56-,57?,58+,59+,60-,61-,62+,63+,64+,65+,66-/m1/s1. The summed E-state index contributed by atoms with van der Waals surface area (Å²) < 4.78 is 113. The number of amides is 3. The second-order valence-electron chi connectivity index (χ2n) is 30.2. The second kappa shape index (κ2) is 41.8. The molecule has 10 rings (SSSR count). The Balaban J connectivity index is 0.939. The lowest BCUT2D eigenvalue weighted by Gasteiger charge is -2.51. The largest absolute Gasteiger partial charge is 0.394 e. The third-order valence-electron chi connectivity index (χ3n) is 22.0. The first-order valence-electron chi connectivity index (χ1n) is 37.9. The van der Waals surface area contributed by atoms with E-state index in [2.05, 4.69) is 16.0 Å². The maximum atomic E-state index is 13.1. The number of hydrogen-bond acceptors (Lipinski definition) is 49. The zero-order valence-corrected chi connectivity index (χ0v) is 63.6. The minimum atomic E-state index is -2.53. The molecule has 0 aromatic carbocycles. The predicted octanol–water partition coefficient (Wildman–Crippen LogP) is -20.3. The Kier molecular flexibility index (Phi) is 34.3. The summed E-state index contributed by atoms with van der Waals surface area (Å²) in [5, 5.41) is 308. The summed E-state index contributed by atoms with van der Waals surface area (Å²) in [5.74, 6) is -2.81. The van der Waals surface area contributed by atoms with Crippen LogP contribution in [0.1, 0.15) is 34.6 Å². The normalized spacial score (nSPS) is 51.1. The Labute approximate surface area is 668 Å². The van der Waals surface area contributed by atoms with Crippen molar-refractivity contribution in [3.05, 3.63) is 0 Å². The van der Waals surface area contributed by atoms with Crippen LogP contribution in [0.5, 0.6) is 0 Å². The summed E-state index contributed by atoms with van der Waals surface area (Å²) in [6.07, 6.45) is -96.3. The lowest BCUT2D eigenvalue weighted by atomic mass is 9.94. The fourth-order valence-corrected chi connectivity index (χ4v) is 15.4. The zero-order valence-electron chi connectivity index (χ0n) is 63.6. The van der Waals surface area contributed by atoms with Crippen LogP contribution in [-0.4, -0.2) is 515 Å². The third-order valence-corrected chi connectivity index (χ3v) is 22.0. The molecule has 50 atom stereocenters. The molecule has 10 fully saturated rings. The highest BCUT2D eigenvalue weighted by Crippen LogP contribution is 2.41. The number of hydrogen-bond donors (Lipinski definition) is 30. The van der Waals surface area contributed by atoms with Crippen LogP contribution in [0.15, 0.2) is 0 Å². The molecule has 10 aliphatic heterocycles. The number of ether oxygens (including phenoxy) is 19. The van der Waals surface area contributed by atoms with Crippen LogP contribution >= 0.6 is 0 Å². The Hall–Kier alpha value is -3.43. The van der Waals surface area contributed by atoms with Gasteiger partial charge in [0.25, 0.3) is 0 Å². The molecule has 0 spiro atoms. The third kappa shape index (κ3) is 20.8. The Morgan fingerprint density at radius 3 is 0.847 bits per heavy atom. The monoisotopic (exact) mass is 1730 g/mol. The number of aliphatic hydroxyl groups is 27. The first-order chi connectivity index (χ1) is 55.8. The highest BCUT2D eigenvalue weighted by molar-refractivity contribution is 5.74. The smallest absolute Gasteiger partial charge is 0.217 e. The molecule has 52 heteroatoms. The van der Waals surface area contributed by atoms with Crippen molar-refractivity contribution in [3.63, 3.8) is 0 Å². The van der Waals surface area contributed by atoms with Crippen LogP contribution in [-0.2, 0) is 104 Å². The SMILES string of the molecule is CC(=O)N[C@H]1[C@H](O[C@@H]2[C@@H](OC[C@H]3O[C@@H](O[C@H]4[C@H](O)[C@@H](NC(C)=O)C(O)O[C@@H]4CO)[C@@H](O)[C@@H](O[C@H]4O[C@H](CO)[C@@H](O)[C@H](O)[C@@H]4O[C@@H]4O[C@H](CO)[C@@H](O[C@@H]5O[C@H](CO)[C@H](O)[C@H](O)[C@H]5O[C@H]5O[C@H](C)[C@H](O)[C@H](O)[C@H]5O)[C@H](O)[C@H]4NC(C)=O)[C@@H]3O)O[C@H](CO)[C@@H](O)[C@@H]2O)O[C@H](CO)[C@@H](O[C@@H]2O[C@H](CO)[C@H](O)[C@H](O)[C@H]2O[C@H]2O[C@H](C)[C@H](O)[C@H](O)[C@H]2O)[C@@H]1O. The molecule has 3 amide bonds. The van der Waals surface area contributed by atoms with E-state index < -0.39 is 377 Å². The van der Waals surface area contributed by atoms with Crippen LogP contribution in [0.25, 0.3) is 0 Å². The van der Waals surface area contributed by atoms with Crippen LogP contribution in [0, 0.1) is 0 Å². The van der Waals surface area contributed by atoms with Crippen molar-refractivity contribution in [2.24, 2.45) is 0 Å². The average Bonchev–Trinajstić information content (AvgIpc) is 0.773. The Bertz CT molecular complexity index is 3140. The zero-order chi connectivity index (χ0) is 86.8. The van der Waals surface area contributed by atoms with Gasteiger partial charge in [-0.2, -0.15) is 0 Å². The highest BCUT2D eigenvalue weighted by Gasteiger charge is 2.62. The summed E-state index contributed by atoms with van der Waals surface area (Å²) in [7, 11) is 0. The molecule has 10 heterocycles. The molecule has 0 aromatic heterocycles. The van der Waals surface area contributed by atoms with E-state index in [1.54, 1.807) is 0 Å². The van der Waals surface area contributed by atoms with Crippen molar-refractivity contribution < 1.29 is 242 Å². The van der Waals surface area contributed by atoms with E-state index in [9.17, 15) is 152 Å². The second-order valence-corrected chi connectivity index (χ2v) is 30.2. The maximum Gasteiger partial charge on any atom is 0.217 e. The number of carbonyl (C=O) groups is 3. The summed E-state index contributed by atoms with van der Waals surface area (Å²) in [5.41, 5.74) is 0. The Morgan fingerprint density at radius 2 is 0.500 bits per heavy atom. The molecule has 0 aromatic rings. The van der Waals surface area contributed by atoms with Crippen molar-refractivity contribution in [1.82, 2.24) is 16.0 Å². The number of aliphatic hydroxyl groups excluding tert-OH is 27. The Morgan fingerprint density at radius 1 is 0.237 bits per heavy atom. The van der Waals surface area contributed by atoms with E-state index in [4.69, 9.17) is 90.0 Å². The van der Waals surface area contributed by atoms with Gasteiger partial charge in [-0.3, -0.25) is 14.4 Å². The predicted molar refractivity (Wildman–Crippen MR) is 362 cm³/mol. The van der Waals surface area contributed by atoms with E-state index in [1.165, 1.54) is 13.8 Å². The molecule has 0 saturated carbocycles. The van der Waals surface area contributed by atoms with Crippen LogP contribution in [0.2, 0.25) is 0 Å². The van der Waals surface area contributed by atoms with Gasteiger partial charge in [0.15, 0.2) is 62.9 Å². The summed E-state index contributed by atoms with van der Waals surface area (Å²) in [6.45, 7) is -3.64. The molecule has 0 aliphatic carbocycles. The van der Waals surface area contributed by atoms with Gasteiger partial charge in [0.05, 0.1) is 65.1 Å². The van der Waals surface area contributed by atoms with Gasteiger partial charge < -0.3 is 244 Å². The van der Waals surface area contributed by atoms with Crippen molar-refractivity contribution in [2.75, 3.05) is 52.9 Å². The lowest BCUT2D eigenvalue weighted by Crippen LogP contribution is -2.70. The van der Waals surface area contributed by atoms with Crippen LogP contribution in [0.4, 0.5) is 0 Å². The highest BCUT2D eigenvalue weighted by atomic mass is 16.8. The van der Waals surface area contributed by atoms with E-state index in [0.29, 0.717) is 0 Å². The topological polar surface area (TPSA) is 809 Å². The van der Waals surface area contributed by atoms with Gasteiger partial charge in [0.2, 0.25) is 17.7 Å². The summed E-state index contributed by atoms with van der Waals surface area (Å²) in [6, 6.07) is -5.77. The molecule has 30 N–H and O–H groups in total. The molecule has 1 unspecified atom stereocenters. The van der Waals surface area contributed by atoms with Gasteiger partial charge in [0, 0.05) is 20.8 Å². The molecule has 10 saturated heterocycles. The first kappa shape index (κ1) is 96.8. The van der Waals surface area contributed by atoms with E-state index in [1.807, 2.05) is 0 Å². The van der Waals surface area contributed by atoms with Gasteiger partial charge in [-0.05, 0) is 13.8 Å². The molecular weight excluding hydrogens is 1620 g/mol. The lowest BCUT2D eigenvalue weighted by molar-refractivity contribution is -0.401. The van der Waals surface area contributed by atoms with Gasteiger partial charge in [-0.15, -0.1) is 0 Å².